The number of rotatable bonds is 6. The van der Waals surface area contributed by atoms with Crippen LogP contribution in [0.5, 0.6) is 17.2 Å². The van der Waals surface area contributed by atoms with E-state index in [1.54, 1.807) is 31.5 Å². The van der Waals surface area contributed by atoms with Crippen LogP contribution in [0.4, 0.5) is 5.82 Å². The Labute approximate surface area is 201 Å². The highest BCUT2D eigenvalue weighted by Gasteiger charge is 2.33. The van der Waals surface area contributed by atoms with E-state index >= 15 is 0 Å². The van der Waals surface area contributed by atoms with E-state index in [0.29, 0.717) is 29.6 Å². The number of carbonyl (C=O) groups excluding carboxylic acids is 1. The Kier molecular flexibility index (Phi) is 5.77. The van der Waals surface area contributed by atoms with Crippen molar-refractivity contribution in [1.29, 1.82) is 0 Å². The van der Waals surface area contributed by atoms with E-state index in [4.69, 9.17) is 9.47 Å². The van der Waals surface area contributed by atoms with E-state index in [2.05, 4.69) is 25.6 Å². The van der Waals surface area contributed by atoms with Crippen molar-refractivity contribution in [2.24, 2.45) is 0 Å². The molecule has 178 valence electrons. The minimum atomic E-state index is -0.276. The number of nitrogens with one attached hydrogen (secondary N) is 1. The van der Waals surface area contributed by atoms with Crippen LogP contribution in [-0.2, 0) is 4.79 Å². The normalized spacial score (nSPS) is 14.8. The largest absolute Gasteiger partial charge is 0.504 e. The molecular weight excluding hydrogens is 448 g/mol. The minimum Gasteiger partial charge on any atom is -0.504 e. The van der Waals surface area contributed by atoms with Gasteiger partial charge in [-0.1, -0.05) is 18.2 Å². The Bertz CT molecular complexity index is 1420. The number of phenolic OH excluding ortho intramolecular Hbond substituents is 1. The van der Waals surface area contributed by atoms with Crippen molar-refractivity contribution in [3.63, 3.8) is 0 Å². The van der Waals surface area contributed by atoms with Crippen LogP contribution in [0.2, 0.25) is 0 Å². The zero-order valence-electron chi connectivity index (χ0n) is 19.5. The third-order valence-corrected chi connectivity index (χ3v) is 5.89. The van der Waals surface area contributed by atoms with Crippen molar-refractivity contribution in [3.8, 4) is 34.5 Å². The van der Waals surface area contributed by atoms with Gasteiger partial charge in [0.25, 0.3) is 5.95 Å². The minimum absolute atomic E-state index is 0.0531. The van der Waals surface area contributed by atoms with Crippen molar-refractivity contribution in [3.05, 3.63) is 65.5 Å². The summed E-state index contributed by atoms with van der Waals surface area (Å²) in [5.41, 5.74) is 3.83. The number of phenols is 1. The monoisotopic (exact) mass is 472 g/mol. The van der Waals surface area contributed by atoms with E-state index in [0.717, 1.165) is 22.4 Å². The van der Waals surface area contributed by atoms with Gasteiger partial charge in [-0.2, -0.15) is 14.9 Å². The maximum Gasteiger partial charge on any atom is 0.272 e. The first kappa shape index (κ1) is 22.3. The van der Waals surface area contributed by atoms with Crippen LogP contribution in [-0.4, -0.2) is 49.7 Å². The second-order valence-corrected chi connectivity index (χ2v) is 8.10. The summed E-state index contributed by atoms with van der Waals surface area (Å²) in [6.07, 6.45) is 1.80. The maximum absolute atomic E-state index is 12.7. The molecule has 2 aromatic heterocycles. The molecular formula is C25H24N6O4. The smallest absolute Gasteiger partial charge is 0.272 e. The lowest BCUT2D eigenvalue weighted by molar-refractivity contribution is -0.116. The number of aromatic nitrogens is 5. The zero-order chi connectivity index (χ0) is 24.5. The Morgan fingerprint density at radius 1 is 1.23 bits per heavy atom. The van der Waals surface area contributed by atoms with Crippen molar-refractivity contribution in [1.82, 2.24) is 25.0 Å². The number of hydrogen-bond donors (Lipinski definition) is 2. The quantitative estimate of drug-likeness (QED) is 0.436. The average molecular weight is 473 g/mol. The third-order valence-electron chi connectivity index (χ3n) is 5.89. The summed E-state index contributed by atoms with van der Waals surface area (Å²) in [6, 6.07) is 12.6. The molecule has 0 aliphatic carbocycles. The average Bonchev–Trinajstić information content (AvgIpc) is 3.21. The van der Waals surface area contributed by atoms with Gasteiger partial charge >= 0.3 is 0 Å². The number of carbonyl (C=O) groups is 1. The standard InChI is InChI=1S/C25H24N6O4/c1-4-35-21-11-15(8-9-20(21)32)18-12-22(33)28-24-23(18)14(2)30-31(24)25-27-19(13-26-29-25)16-6-5-7-17(10-16)34-3/h5-11,13,18,32H,4,12H2,1-3H3,(H,28,33). The zero-order valence-corrected chi connectivity index (χ0v) is 19.5. The molecule has 35 heavy (non-hydrogen) atoms. The Morgan fingerprint density at radius 3 is 2.89 bits per heavy atom. The maximum atomic E-state index is 12.7. The highest BCUT2D eigenvalue weighted by Crippen LogP contribution is 2.42. The van der Waals surface area contributed by atoms with Crippen molar-refractivity contribution < 1.29 is 19.4 Å². The molecule has 2 aromatic carbocycles. The fourth-order valence-electron chi connectivity index (χ4n) is 4.30. The van der Waals surface area contributed by atoms with E-state index in [9.17, 15) is 9.90 Å². The number of nitrogens with zero attached hydrogens (tertiary/aromatic N) is 5. The Balaban J connectivity index is 1.59. The number of amides is 1. The highest BCUT2D eigenvalue weighted by atomic mass is 16.5. The Morgan fingerprint density at radius 2 is 2.09 bits per heavy atom. The summed E-state index contributed by atoms with van der Waals surface area (Å²) < 4.78 is 12.4. The molecule has 3 heterocycles. The summed E-state index contributed by atoms with van der Waals surface area (Å²) in [6.45, 7) is 4.14. The van der Waals surface area contributed by atoms with Gasteiger partial charge in [0, 0.05) is 23.5 Å². The van der Waals surface area contributed by atoms with Crippen molar-refractivity contribution in [2.45, 2.75) is 26.2 Å². The molecule has 10 nitrogen and oxygen atoms in total. The molecule has 0 saturated heterocycles. The first-order valence-electron chi connectivity index (χ1n) is 11.2. The molecule has 0 saturated carbocycles. The van der Waals surface area contributed by atoms with E-state index in [1.165, 1.54) is 4.68 Å². The van der Waals surface area contributed by atoms with Gasteiger partial charge in [0.2, 0.25) is 5.91 Å². The molecule has 2 N–H and O–H groups in total. The molecule has 1 unspecified atom stereocenters. The number of methoxy groups -OCH3 is 1. The van der Waals surface area contributed by atoms with E-state index in [-0.39, 0.29) is 29.9 Å². The SMILES string of the molecule is CCOc1cc(C2CC(=O)Nc3c2c(C)nn3-c2nncc(-c3cccc(OC)c3)n2)ccc1O. The molecule has 1 atom stereocenters. The van der Waals surface area contributed by atoms with Crippen molar-refractivity contribution in [2.75, 3.05) is 19.0 Å². The Hall–Kier alpha value is -4.47. The molecule has 5 rings (SSSR count). The number of hydrogen-bond acceptors (Lipinski definition) is 8. The topological polar surface area (TPSA) is 124 Å². The first-order chi connectivity index (χ1) is 17.0. The first-order valence-corrected chi connectivity index (χ1v) is 11.2. The molecule has 1 amide bonds. The number of ether oxygens (including phenoxy) is 2. The molecule has 0 bridgehead atoms. The van der Waals surface area contributed by atoms with E-state index in [1.807, 2.05) is 38.1 Å². The number of aryl methyl sites for hydroxylation is 1. The van der Waals surface area contributed by atoms with E-state index < -0.39 is 0 Å². The number of fused-ring (bicyclic) bond motifs is 1. The van der Waals surface area contributed by atoms with Crippen LogP contribution in [0.15, 0.2) is 48.7 Å². The number of benzene rings is 2. The number of aromatic hydroxyl groups is 1. The highest BCUT2D eigenvalue weighted by molar-refractivity contribution is 5.95. The molecule has 1 aliphatic heterocycles. The summed E-state index contributed by atoms with van der Waals surface area (Å²) in [5, 5.41) is 26.0. The van der Waals surface area contributed by atoms with Crippen LogP contribution >= 0.6 is 0 Å². The van der Waals surface area contributed by atoms with Crippen LogP contribution < -0.4 is 14.8 Å². The molecule has 0 spiro atoms. The molecule has 0 radical (unpaired) electrons. The van der Waals surface area contributed by atoms with Crippen LogP contribution in [0.1, 0.15) is 36.1 Å². The molecule has 0 fully saturated rings. The fraction of sp³-hybridized carbons (Fsp3) is 0.240. The fourth-order valence-corrected chi connectivity index (χ4v) is 4.30. The van der Waals surface area contributed by atoms with Crippen LogP contribution in [0, 0.1) is 6.92 Å². The van der Waals surface area contributed by atoms with Gasteiger partial charge in [0.05, 0.1) is 31.3 Å². The van der Waals surface area contributed by atoms with Gasteiger partial charge in [0.1, 0.15) is 11.6 Å². The number of anilines is 1. The van der Waals surface area contributed by atoms with Gasteiger partial charge in [-0.05, 0) is 43.7 Å². The lowest BCUT2D eigenvalue weighted by Gasteiger charge is -2.24. The molecule has 1 aliphatic rings. The third kappa shape index (κ3) is 4.14. The lowest BCUT2D eigenvalue weighted by atomic mass is 9.85. The van der Waals surface area contributed by atoms with Crippen LogP contribution in [0.25, 0.3) is 17.2 Å². The summed E-state index contributed by atoms with van der Waals surface area (Å²) in [4.78, 5) is 17.4. The van der Waals surface area contributed by atoms with Gasteiger partial charge < -0.3 is 19.9 Å². The summed E-state index contributed by atoms with van der Waals surface area (Å²) in [5.74, 6) is 1.42. The predicted molar refractivity (Wildman–Crippen MR) is 128 cm³/mol. The van der Waals surface area contributed by atoms with Crippen LogP contribution in [0.3, 0.4) is 0 Å². The van der Waals surface area contributed by atoms with Crippen molar-refractivity contribution >= 4 is 11.7 Å². The van der Waals surface area contributed by atoms with Gasteiger partial charge in [0.15, 0.2) is 11.5 Å². The summed E-state index contributed by atoms with van der Waals surface area (Å²) >= 11 is 0. The lowest BCUT2D eigenvalue weighted by Crippen LogP contribution is -2.25. The van der Waals surface area contributed by atoms with Gasteiger partial charge in [-0.15, -0.1) is 5.10 Å². The second kappa shape index (κ2) is 9.05. The van der Waals surface area contributed by atoms with Gasteiger partial charge in [-0.3, -0.25) is 4.79 Å². The predicted octanol–water partition coefficient (Wildman–Crippen LogP) is 3.62. The van der Waals surface area contributed by atoms with Gasteiger partial charge in [-0.25, -0.2) is 4.98 Å². The molecule has 4 aromatic rings. The summed E-state index contributed by atoms with van der Waals surface area (Å²) in [7, 11) is 1.60. The molecule has 10 heteroatoms. The second-order valence-electron chi connectivity index (χ2n) is 8.10.